The summed E-state index contributed by atoms with van der Waals surface area (Å²) in [6, 6.07) is 23.8. The molecular weight excluding hydrogens is 636 g/mol. The van der Waals surface area contributed by atoms with Gasteiger partial charge in [-0.15, -0.1) is 0 Å². The Bertz CT molecular complexity index is 1730. The molecule has 2 aliphatic carbocycles. The molecule has 4 aliphatic rings. The van der Waals surface area contributed by atoms with Gasteiger partial charge in [0.15, 0.2) is 0 Å². The maximum Gasteiger partial charge on any atom is 0.261 e. The molecule has 0 radical (unpaired) electrons. The van der Waals surface area contributed by atoms with E-state index in [0.717, 1.165) is 59.3 Å². The minimum Gasteiger partial charge on any atom is -0.314 e. The third kappa shape index (κ3) is 6.72. The first-order valence-electron chi connectivity index (χ1n) is 19.2. The fourth-order valence-corrected chi connectivity index (χ4v) is 9.33. The molecule has 4 amide bonds. The zero-order valence-electron chi connectivity index (χ0n) is 29.4. The summed E-state index contributed by atoms with van der Waals surface area (Å²) in [5.74, 6) is 0.899. The fourth-order valence-electron chi connectivity index (χ4n) is 9.33. The molecule has 0 atom stereocenters. The van der Waals surface area contributed by atoms with Crippen LogP contribution in [0.15, 0.2) is 72.8 Å². The Balaban J connectivity index is 0.706. The minimum absolute atomic E-state index is 0.178. The van der Waals surface area contributed by atoms with E-state index in [4.69, 9.17) is 0 Å². The molecule has 2 aliphatic heterocycles. The van der Waals surface area contributed by atoms with Gasteiger partial charge in [-0.05, 0) is 131 Å². The number of amides is 4. The molecular formula is C43H48N4O4. The van der Waals surface area contributed by atoms with Gasteiger partial charge in [0.2, 0.25) is 0 Å². The number of nitrogens with one attached hydrogen (secondary N) is 2. The zero-order valence-corrected chi connectivity index (χ0v) is 29.4. The first-order valence-corrected chi connectivity index (χ1v) is 19.2. The topological polar surface area (TPSA) is 98.8 Å². The van der Waals surface area contributed by atoms with Crippen molar-refractivity contribution >= 4 is 45.2 Å². The molecule has 2 heterocycles. The Kier molecular flexibility index (Phi) is 9.71. The Hall–Kier alpha value is -4.40. The van der Waals surface area contributed by atoms with Gasteiger partial charge in [-0.1, -0.05) is 48.5 Å². The molecule has 51 heavy (non-hydrogen) atoms. The van der Waals surface area contributed by atoms with Gasteiger partial charge in [0, 0.05) is 58.2 Å². The van der Waals surface area contributed by atoms with Crippen molar-refractivity contribution in [2.45, 2.75) is 82.7 Å². The van der Waals surface area contributed by atoms with Gasteiger partial charge in [0.05, 0.1) is 0 Å². The van der Waals surface area contributed by atoms with E-state index in [0.29, 0.717) is 47.4 Å². The summed E-state index contributed by atoms with van der Waals surface area (Å²) in [6.45, 7) is 2.49. The number of hydrogen-bond acceptors (Lipinski definition) is 6. The van der Waals surface area contributed by atoms with Crippen molar-refractivity contribution in [3.63, 3.8) is 0 Å². The second kappa shape index (κ2) is 14.7. The second-order valence-electron chi connectivity index (χ2n) is 15.2. The molecule has 2 saturated carbocycles. The molecule has 8 nitrogen and oxygen atoms in total. The number of benzene rings is 4. The molecule has 2 fully saturated rings. The first-order chi connectivity index (χ1) is 25.0. The number of imide groups is 2. The van der Waals surface area contributed by atoms with Crippen molar-refractivity contribution in [2.75, 3.05) is 26.2 Å². The molecule has 0 unspecified atom stereocenters. The molecule has 2 N–H and O–H groups in total. The van der Waals surface area contributed by atoms with Crippen LogP contribution in [0.25, 0.3) is 21.5 Å². The van der Waals surface area contributed by atoms with Crippen LogP contribution in [0.4, 0.5) is 0 Å². The van der Waals surface area contributed by atoms with E-state index in [1.54, 1.807) is 0 Å². The molecule has 0 bridgehead atoms. The predicted molar refractivity (Wildman–Crippen MR) is 200 cm³/mol. The molecule has 8 heteroatoms. The zero-order chi connectivity index (χ0) is 34.9. The number of hydrogen-bond donors (Lipinski definition) is 2. The van der Waals surface area contributed by atoms with Gasteiger partial charge in [0.25, 0.3) is 23.6 Å². The Morgan fingerprint density at radius 1 is 0.471 bits per heavy atom. The minimum atomic E-state index is -0.178. The van der Waals surface area contributed by atoms with Gasteiger partial charge in [-0.3, -0.25) is 29.0 Å². The van der Waals surface area contributed by atoms with Crippen LogP contribution in [0.2, 0.25) is 0 Å². The average Bonchev–Trinajstić information content (AvgIpc) is 3.16. The lowest BCUT2D eigenvalue weighted by Gasteiger charge is -2.35. The van der Waals surface area contributed by atoms with Crippen molar-refractivity contribution in [2.24, 2.45) is 11.8 Å². The summed E-state index contributed by atoms with van der Waals surface area (Å²) in [4.78, 5) is 55.6. The van der Waals surface area contributed by atoms with E-state index in [1.807, 2.05) is 72.8 Å². The van der Waals surface area contributed by atoms with Gasteiger partial charge in [-0.2, -0.15) is 0 Å². The normalized spacial score (nSPS) is 23.5. The Morgan fingerprint density at radius 2 is 0.804 bits per heavy atom. The lowest BCUT2D eigenvalue weighted by atomic mass is 9.75. The third-order valence-electron chi connectivity index (χ3n) is 12.1. The average molecular weight is 685 g/mol. The highest BCUT2D eigenvalue weighted by Crippen LogP contribution is 2.36. The van der Waals surface area contributed by atoms with E-state index < -0.39 is 0 Å². The second-order valence-corrected chi connectivity index (χ2v) is 15.2. The Labute approximate surface area is 299 Å². The van der Waals surface area contributed by atoms with Gasteiger partial charge < -0.3 is 10.6 Å². The number of nitrogens with zero attached hydrogens (tertiary/aromatic N) is 2. The smallest absolute Gasteiger partial charge is 0.261 e. The summed E-state index contributed by atoms with van der Waals surface area (Å²) in [5, 5.41) is 10.9. The molecule has 0 spiro atoms. The van der Waals surface area contributed by atoms with Crippen LogP contribution in [0.1, 0.15) is 112 Å². The molecule has 0 saturated heterocycles. The van der Waals surface area contributed by atoms with Crippen LogP contribution in [0.5, 0.6) is 0 Å². The number of carbonyl (C=O) groups excluding carboxylic acids is 4. The lowest BCUT2D eigenvalue weighted by molar-refractivity contribution is 0.0593. The van der Waals surface area contributed by atoms with E-state index in [2.05, 4.69) is 10.6 Å². The van der Waals surface area contributed by atoms with Gasteiger partial charge >= 0.3 is 0 Å². The largest absolute Gasteiger partial charge is 0.314 e. The molecule has 264 valence electrons. The summed E-state index contributed by atoms with van der Waals surface area (Å²) in [6.07, 6.45) is 12.7. The van der Waals surface area contributed by atoms with Gasteiger partial charge in [0.1, 0.15) is 0 Å². The van der Waals surface area contributed by atoms with E-state index in [-0.39, 0.29) is 23.6 Å². The van der Waals surface area contributed by atoms with Crippen LogP contribution in [-0.2, 0) is 0 Å². The summed E-state index contributed by atoms with van der Waals surface area (Å²) in [5.41, 5.74) is 2.52. The standard InChI is InChI=1S/C43H48N4O4/c48-40-34-11-1-7-30-8-2-12-35(38(30)34)41(49)46(40)25-5-23-44-32-19-15-28(16-20-32)27-29-17-21-33(22-18-29)45-24-6-26-47-42(50)36-13-3-9-31-10-4-14-37(39(31)36)43(47)51/h1-4,7-14,28-29,32-33,44-45H,5-6,15-27H2. The highest BCUT2D eigenvalue weighted by atomic mass is 16.2. The molecule has 4 aromatic carbocycles. The van der Waals surface area contributed by atoms with Crippen LogP contribution in [0, 0.1) is 11.8 Å². The van der Waals surface area contributed by atoms with Crippen molar-refractivity contribution < 1.29 is 19.2 Å². The summed E-state index contributed by atoms with van der Waals surface area (Å²) < 4.78 is 0. The quantitative estimate of drug-likeness (QED) is 0.120. The highest BCUT2D eigenvalue weighted by Gasteiger charge is 2.34. The van der Waals surface area contributed by atoms with Crippen molar-refractivity contribution in [3.05, 3.63) is 95.1 Å². The monoisotopic (exact) mass is 684 g/mol. The van der Waals surface area contributed by atoms with Crippen molar-refractivity contribution in [3.8, 4) is 0 Å². The van der Waals surface area contributed by atoms with Gasteiger partial charge in [-0.25, -0.2) is 0 Å². The number of rotatable bonds is 12. The molecule has 8 rings (SSSR count). The van der Waals surface area contributed by atoms with Crippen LogP contribution >= 0.6 is 0 Å². The number of carbonyl (C=O) groups is 4. The summed E-state index contributed by atoms with van der Waals surface area (Å²) in [7, 11) is 0. The maximum absolute atomic E-state index is 13.2. The lowest BCUT2D eigenvalue weighted by Crippen LogP contribution is -2.42. The van der Waals surface area contributed by atoms with Crippen LogP contribution in [0.3, 0.4) is 0 Å². The van der Waals surface area contributed by atoms with Crippen LogP contribution in [-0.4, -0.2) is 71.7 Å². The molecule has 4 aromatic rings. The van der Waals surface area contributed by atoms with Crippen molar-refractivity contribution in [1.82, 2.24) is 20.4 Å². The first kappa shape index (κ1) is 33.7. The van der Waals surface area contributed by atoms with Crippen molar-refractivity contribution in [1.29, 1.82) is 0 Å². The fraction of sp³-hybridized carbons (Fsp3) is 0.442. The predicted octanol–water partition coefficient (Wildman–Crippen LogP) is 7.35. The highest BCUT2D eigenvalue weighted by molar-refractivity contribution is 6.26. The Morgan fingerprint density at radius 3 is 1.14 bits per heavy atom. The molecule has 0 aromatic heterocycles. The maximum atomic E-state index is 13.2. The third-order valence-corrected chi connectivity index (χ3v) is 12.1. The van der Waals surface area contributed by atoms with E-state index in [9.17, 15) is 19.2 Å². The SMILES string of the molecule is O=C1c2cccc3cccc(c23)C(=O)N1CCCNC1CCC(CC2CCC(NCCCN3C(=O)c4cccc5cccc(c45)C3=O)CC2)CC1. The van der Waals surface area contributed by atoms with Crippen LogP contribution < -0.4 is 10.6 Å². The van der Waals surface area contributed by atoms with E-state index >= 15 is 0 Å². The summed E-state index contributed by atoms with van der Waals surface area (Å²) >= 11 is 0. The van der Waals surface area contributed by atoms with E-state index in [1.165, 1.54) is 67.6 Å².